The lowest BCUT2D eigenvalue weighted by Crippen LogP contribution is -2.34. The van der Waals surface area contributed by atoms with Crippen molar-refractivity contribution in [2.24, 2.45) is 0 Å². The number of piperidine rings is 1. The number of phenolic OH excluding ortho intramolecular Hbond substituents is 1. The summed E-state index contributed by atoms with van der Waals surface area (Å²) in [5, 5.41) is 10.5. The van der Waals surface area contributed by atoms with E-state index >= 15 is 0 Å². The first-order chi connectivity index (χ1) is 12.6. The quantitative estimate of drug-likeness (QED) is 0.763. The Morgan fingerprint density at radius 3 is 2.62 bits per heavy atom. The Labute approximate surface area is 151 Å². The number of nitrogens with zero attached hydrogens (tertiary/aromatic N) is 3. The van der Waals surface area contributed by atoms with Crippen LogP contribution >= 0.6 is 0 Å². The van der Waals surface area contributed by atoms with Gasteiger partial charge in [-0.15, -0.1) is 0 Å². The number of aromatic hydroxyl groups is 1. The molecule has 0 saturated carbocycles. The third kappa shape index (κ3) is 2.71. The second-order valence-corrected chi connectivity index (χ2v) is 6.83. The second kappa shape index (κ2) is 6.44. The largest absolute Gasteiger partial charge is 0.508 e. The molecule has 1 N–H and O–H groups in total. The van der Waals surface area contributed by atoms with Crippen molar-refractivity contribution in [3.63, 3.8) is 0 Å². The third-order valence-electron chi connectivity index (χ3n) is 5.28. The first kappa shape index (κ1) is 16.6. The third-order valence-corrected chi connectivity index (χ3v) is 5.28. The van der Waals surface area contributed by atoms with Crippen LogP contribution in [-0.2, 0) is 0 Å². The van der Waals surface area contributed by atoms with E-state index in [0.717, 1.165) is 37.5 Å². The monoisotopic (exact) mass is 351 g/mol. The fraction of sp³-hybridized carbons (Fsp3) is 0.350. The number of anilines is 1. The summed E-state index contributed by atoms with van der Waals surface area (Å²) in [4.78, 5) is 23.5. The van der Waals surface area contributed by atoms with Gasteiger partial charge in [0.05, 0.1) is 11.6 Å². The summed E-state index contributed by atoms with van der Waals surface area (Å²) in [5.74, 6) is 1.95. The first-order valence-electron chi connectivity index (χ1n) is 8.83. The molecule has 1 aliphatic rings. The Hall–Kier alpha value is -2.89. The normalized spacial score (nSPS) is 15.5. The summed E-state index contributed by atoms with van der Waals surface area (Å²) in [6, 6.07) is 3.18. The zero-order valence-electron chi connectivity index (χ0n) is 14.9. The predicted molar refractivity (Wildman–Crippen MR) is 99.8 cm³/mol. The van der Waals surface area contributed by atoms with Crippen LogP contribution < -0.4 is 10.3 Å². The van der Waals surface area contributed by atoms with Gasteiger partial charge in [-0.1, -0.05) is 0 Å². The van der Waals surface area contributed by atoms with Crippen LogP contribution in [0.3, 0.4) is 0 Å². The average Bonchev–Trinajstić information content (AvgIpc) is 2.68. The first-order valence-corrected chi connectivity index (χ1v) is 8.83. The number of hydrogen-bond acceptors (Lipinski definition) is 6. The van der Waals surface area contributed by atoms with Crippen molar-refractivity contribution in [1.82, 2.24) is 9.97 Å². The highest BCUT2D eigenvalue weighted by molar-refractivity contribution is 5.82. The molecule has 1 saturated heterocycles. The predicted octanol–water partition coefficient (Wildman–Crippen LogP) is 3.29. The molecule has 6 nitrogen and oxygen atoms in total. The SMILES string of the molecule is Cc1c(C2CCN(c3cnccn3)CC2)oc2c(C)c(O)ccc2c1=O. The lowest BCUT2D eigenvalue weighted by atomic mass is 9.91. The molecule has 0 aliphatic carbocycles. The molecule has 1 fully saturated rings. The zero-order valence-corrected chi connectivity index (χ0v) is 14.9. The number of hydrogen-bond donors (Lipinski definition) is 1. The number of benzene rings is 1. The summed E-state index contributed by atoms with van der Waals surface area (Å²) >= 11 is 0. The molecule has 0 radical (unpaired) electrons. The molecule has 26 heavy (non-hydrogen) atoms. The van der Waals surface area contributed by atoms with Gasteiger partial charge in [0.25, 0.3) is 0 Å². The van der Waals surface area contributed by atoms with Crippen molar-refractivity contribution >= 4 is 16.8 Å². The Balaban J connectivity index is 1.67. The molecule has 2 aromatic heterocycles. The van der Waals surface area contributed by atoms with Crippen molar-refractivity contribution in [1.29, 1.82) is 0 Å². The fourth-order valence-corrected chi connectivity index (χ4v) is 3.71. The van der Waals surface area contributed by atoms with E-state index in [0.29, 0.717) is 22.1 Å². The van der Waals surface area contributed by atoms with Gasteiger partial charge in [0.2, 0.25) is 0 Å². The molecule has 0 atom stereocenters. The van der Waals surface area contributed by atoms with Gasteiger partial charge in [-0.3, -0.25) is 9.78 Å². The van der Waals surface area contributed by atoms with E-state index in [9.17, 15) is 9.90 Å². The molecular weight excluding hydrogens is 330 g/mol. The van der Waals surface area contributed by atoms with Crippen LogP contribution in [0.1, 0.15) is 35.6 Å². The number of aryl methyl sites for hydroxylation is 1. The summed E-state index contributed by atoms with van der Waals surface area (Å²) in [5.41, 5.74) is 1.76. The average molecular weight is 351 g/mol. The molecule has 6 heteroatoms. The Morgan fingerprint density at radius 2 is 1.92 bits per heavy atom. The maximum atomic E-state index is 12.8. The molecule has 4 rings (SSSR count). The van der Waals surface area contributed by atoms with E-state index in [4.69, 9.17) is 4.42 Å². The Kier molecular flexibility index (Phi) is 4.11. The molecule has 0 amide bonds. The minimum Gasteiger partial charge on any atom is -0.508 e. The van der Waals surface area contributed by atoms with E-state index in [-0.39, 0.29) is 17.1 Å². The van der Waals surface area contributed by atoms with Crippen molar-refractivity contribution in [3.8, 4) is 5.75 Å². The molecule has 0 bridgehead atoms. The Bertz CT molecular complexity index is 1010. The van der Waals surface area contributed by atoms with Gasteiger partial charge in [0.1, 0.15) is 22.9 Å². The minimum atomic E-state index is -0.0132. The lowest BCUT2D eigenvalue weighted by molar-refractivity contribution is 0.408. The van der Waals surface area contributed by atoms with Crippen LogP contribution in [0.2, 0.25) is 0 Å². The number of phenols is 1. The standard InChI is InChI=1S/C20H21N3O3/c1-12-16(24)4-3-15-18(25)13(2)19(26-20(12)15)14-5-9-23(10-6-14)17-11-21-7-8-22-17/h3-4,7-8,11,14,24H,5-6,9-10H2,1-2H3. The highest BCUT2D eigenvalue weighted by atomic mass is 16.3. The lowest BCUT2D eigenvalue weighted by Gasteiger charge is -2.32. The second-order valence-electron chi connectivity index (χ2n) is 6.83. The number of fused-ring (bicyclic) bond motifs is 1. The molecule has 0 spiro atoms. The van der Waals surface area contributed by atoms with E-state index in [1.165, 1.54) is 0 Å². The minimum absolute atomic E-state index is 0.0132. The molecule has 1 aromatic carbocycles. The fourth-order valence-electron chi connectivity index (χ4n) is 3.71. The summed E-state index contributed by atoms with van der Waals surface area (Å²) in [7, 11) is 0. The van der Waals surface area contributed by atoms with E-state index < -0.39 is 0 Å². The highest BCUT2D eigenvalue weighted by Gasteiger charge is 2.26. The van der Waals surface area contributed by atoms with Crippen LogP contribution in [0.15, 0.2) is 39.9 Å². The summed E-state index contributed by atoms with van der Waals surface area (Å²) in [6.07, 6.45) is 6.89. The molecule has 0 unspecified atom stereocenters. The van der Waals surface area contributed by atoms with Crippen LogP contribution in [0.25, 0.3) is 11.0 Å². The van der Waals surface area contributed by atoms with Gasteiger partial charge in [0, 0.05) is 42.5 Å². The smallest absolute Gasteiger partial charge is 0.195 e. The van der Waals surface area contributed by atoms with E-state index in [1.54, 1.807) is 37.6 Å². The summed E-state index contributed by atoms with van der Waals surface area (Å²) in [6.45, 7) is 5.28. The highest BCUT2D eigenvalue weighted by Crippen LogP contribution is 2.34. The van der Waals surface area contributed by atoms with Gasteiger partial charge in [-0.05, 0) is 38.8 Å². The molecule has 3 aromatic rings. The maximum absolute atomic E-state index is 12.8. The molecule has 1 aliphatic heterocycles. The van der Waals surface area contributed by atoms with Crippen LogP contribution in [0, 0.1) is 13.8 Å². The van der Waals surface area contributed by atoms with Gasteiger partial charge in [-0.2, -0.15) is 0 Å². The van der Waals surface area contributed by atoms with Gasteiger partial charge < -0.3 is 14.4 Å². The van der Waals surface area contributed by atoms with Gasteiger partial charge in [-0.25, -0.2) is 4.98 Å². The number of aromatic nitrogens is 2. The van der Waals surface area contributed by atoms with Crippen molar-refractivity contribution < 1.29 is 9.52 Å². The number of rotatable bonds is 2. The van der Waals surface area contributed by atoms with Crippen molar-refractivity contribution in [2.45, 2.75) is 32.6 Å². The zero-order chi connectivity index (χ0) is 18.3. The Morgan fingerprint density at radius 1 is 1.15 bits per heavy atom. The van der Waals surface area contributed by atoms with Crippen LogP contribution in [-0.4, -0.2) is 28.2 Å². The molecule has 134 valence electrons. The van der Waals surface area contributed by atoms with Crippen molar-refractivity contribution in [2.75, 3.05) is 18.0 Å². The van der Waals surface area contributed by atoms with E-state index in [1.807, 2.05) is 6.92 Å². The summed E-state index contributed by atoms with van der Waals surface area (Å²) < 4.78 is 6.16. The molecular formula is C20H21N3O3. The van der Waals surface area contributed by atoms with Gasteiger partial charge >= 0.3 is 0 Å². The van der Waals surface area contributed by atoms with Crippen LogP contribution in [0.5, 0.6) is 5.75 Å². The topological polar surface area (TPSA) is 79.5 Å². The molecule has 3 heterocycles. The van der Waals surface area contributed by atoms with Gasteiger partial charge in [0.15, 0.2) is 5.43 Å². The van der Waals surface area contributed by atoms with E-state index in [2.05, 4.69) is 14.9 Å². The maximum Gasteiger partial charge on any atom is 0.195 e. The van der Waals surface area contributed by atoms with Crippen molar-refractivity contribution in [3.05, 3.63) is 57.8 Å². The van der Waals surface area contributed by atoms with Crippen LogP contribution in [0.4, 0.5) is 5.82 Å².